The van der Waals surface area contributed by atoms with Crippen LogP contribution in [0.15, 0.2) is 35.0 Å². The van der Waals surface area contributed by atoms with Gasteiger partial charge in [-0.3, -0.25) is 14.5 Å². The Morgan fingerprint density at radius 2 is 1.97 bits per heavy atom. The van der Waals surface area contributed by atoms with Gasteiger partial charge in [-0.2, -0.15) is 18.3 Å². The number of carbonyl (C=O) groups excluding carboxylic acids is 1. The van der Waals surface area contributed by atoms with Crippen LogP contribution >= 0.6 is 0 Å². The summed E-state index contributed by atoms with van der Waals surface area (Å²) < 4.78 is 44.5. The van der Waals surface area contributed by atoms with E-state index in [0.29, 0.717) is 12.8 Å². The fourth-order valence-electron chi connectivity index (χ4n) is 4.22. The van der Waals surface area contributed by atoms with E-state index >= 15 is 0 Å². The van der Waals surface area contributed by atoms with E-state index < -0.39 is 11.9 Å². The molecule has 3 aromatic heterocycles. The Morgan fingerprint density at radius 1 is 1.24 bits per heavy atom. The molecule has 0 unspecified atom stereocenters. The summed E-state index contributed by atoms with van der Waals surface area (Å²) in [5.41, 5.74) is 4.29. The molecule has 0 aromatic carbocycles. The smallest absolute Gasteiger partial charge is 0.449 e. The van der Waals surface area contributed by atoms with E-state index in [4.69, 9.17) is 4.42 Å². The van der Waals surface area contributed by atoms with Crippen LogP contribution in [0.2, 0.25) is 0 Å². The minimum atomic E-state index is -4.50. The third kappa shape index (κ3) is 5.10. The predicted octanol–water partition coefficient (Wildman–Crippen LogP) is 5.08. The number of aryl methyl sites for hydroxylation is 3. The second kappa shape index (κ2) is 9.52. The third-order valence-corrected chi connectivity index (χ3v) is 5.79. The molecule has 1 aliphatic rings. The number of anilines is 2. The summed E-state index contributed by atoms with van der Waals surface area (Å²) in [7, 11) is 1.92. The first-order valence-corrected chi connectivity index (χ1v) is 10.7. The average molecular weight is 478 g/mol. The number of hydrogen-bond donors (Lipinski definition) is 1. The first kappa shape index (κ1) is 25.3. The molecule has 0 radical (unpaired) electrons. The van der Waals surface area contributed by atoms with E-state index in [0.717, 1.165) is 34.4 Å². The van der Waals surface area contributed by atoms with Crippen LogP contribution in [-0.4, -0.2) is 33.8 Å². The van der Waals surface area contributed by atoms with Crippen molar-refractivity contribution < 1.29 is 22.4 Å². The van der Waals surface area contributed by atoms with Gasteiger partial charge in [0.2, 0.25) is 11.7 Å². The monoisotopic (exact) mass is 477 g/mol. The Balaban J connectivity index is 0.00000324. The van der Waals surface area contributed by atoms with Gasteiger partial charge in [0.1, 0.15) is 11.8 Å². The fourth-order valence-corrected chi connectivity index (χ4v) is 4.22. The summed E-state index contributed by atoms with van der Waals surface area (Å²) in [6.45, 7) is 6.03. The molecule has 0 saturated heterocycles. The summed E-state index contributed by atoms with van der Waals surface area (Å²) in [6.07, 6.45) is 0.315. The summed E-state index contributed by atoms with van der Waals surface area (Å²) in [6, 6.07) is 3.99. The zero-order valence-electron chi connectivity index (χ0n) is 18.9. The van der Waals surface area contributed by atoms with E-state index in [2.05, 4.69) is 15.4 Å². The lowest BCUT2D eigenvalue weighted by atomic mass is 9.97. The van der Waals surface area contributed by atoms with Gasteiger partial charge in [-0.15, -0.1) is 0 Å². The molecule has 10 heteroatoms. The lowest BCUT2D eigenvalue weighted by molar-refractivity contribution is -0.153. The van der Waals surface area contributed by atoms with Crippen LogP contribution < -0.4 is 10.2 Å². The van der Waals surface area contributed by atoms with E-state index in [1.807, 2.05) is 38.8 Å². The number of aromatic nitrogens is 3. The quantitative estimate of drug-likeness (QED) is 0.536. The Hall–Kier alpha value is -3.30. The number of pyridine rings is 1. The molecule has 0 saturated carbocycles. The maximum absolute atomic E-state index is 12.7. The van der Waals surface area contributed by atoms with Gasteiger partial charge in [-0.1, -0.05) is 21.3 Å². The van der Waals surface area contributed by atoms with Gasteiger partial charge in [0.25, 0.3) is 0 Å². The Labute approximate surface area is 197 Å². The van der Waals surface area contributed by atoms with Crippen LogP contribution in [0.1, 0.15) is 49.7 Å². The lowest BCUT2D eigenvalue weighted by Crippen LogP contribution is -2.49. The largest absolute Gasteiger partial charge is 0.455 e. The summed E-state index contributed by atoms with van der Waals surface area (Å²) >= 11 is 0. The Morgan fingerprint density at radius 3 is 2.62 bits per heavy atom. The van der Waals surface area contributed by atoms with E-state index in [-0.39, 0.29) is 37.6 Å². The molecule has 4 rings (SSSR count). The summed E-state index contributed by atoms with van der Waals surface area (Å²) in [5.74, 6) is -0.690. The van der Waals surface area contributed by atoms with E-state index in [1.165, 1.54) is 6.07 Å². The zero-order valence-corrected chi connectivity index (χ0v) is 18.9. The fraction of sp³-hybridized carbons (Fsp3) is 0.458. The molecule has 1 N–H and O–H groups in total. The standard InChI is InChI=1S/C23H26F3N5O2.CH4/c1-13(2)21-22(32)29-20-14(3)28-16(9-18(20)30(21)4)6-5-15-10-27-31(11-15)12-17-7-8-19(33-17)23(24,25)26;/h7-11,13,21H,5-6,12H2,1-4H3,(H,29,32);1H4/t21-;/m0./s1. The number of halogens is 3. The van der Waals surface area contributed by atoms with Gasteiger partial charge in [0.05, 0.1) is 29.8 Å². The average Bonchev–Trinajstić information content (AvgIpc) is 3.37. The molecular formula is C24H30F3N5O2. The highest BCUT2D eigenvalue weighted by Gasteiger charge is 2.35. The molecule has 1 amide bonds. The number of amides is 1. The molecule has 4 heterocycles. The molecule has 1 atom stereocenters. The topological polar surface area (TPSA) is 76.2 Å². The predicted molar refractivity (Wildman–Crippen MR) is 124 cm³/mol. The highest BCUT2D eigenvalue weighted by molar-refractivity contribution is 6.04. The van der Waals surface area contributed by atoms with Gasteiger partial charge in [-0.05, 0) is 49.4 Å². The molecule has 0 aliphatic carbocycles. The van der Waals surface area contributed by atoms with Gasteiger partial charge >= 0.3 is 6.18 Å². The molecule has 3 aromatic rings. The van der Waals surface area contributed by atoms with E-state index in [1.54, 1.807) is 17.1 Å². The minimum Gasteiger partial charge on any atom is -0.455 e. The third-order valence-electron chi connectivity index (χ3n) is 5.79. The number of nitrogens with one attached hydrogen (secondary N) is 1. The summed E-state index contributed by atoms with van der Waals surface area (Å²) in [4.78, 5) is 19.1. The Kier molecular flexibility index (Phi) is 7.09. The van der Waals surface area contributed by atoms with Crippen molar-refractivity contribution in [2.45, 2.75) is 59.8 Å². The van der Waals surface area contributed by atoms with Crippen molar-refractivity contribution in [3.05, 3.63) is 59.1 Å². The normalized spacial score (nSPS) is 15.8. The van der Waals surface area contributed by atoms with Crippen LogP contribution in [0.5, 0.6) is 0 Å². The molecule has 34 heavy (non-hydrogen) atoms. The van der Waals surface area contributed by atoms with E-state index in [9.17, 15) is 18.0 Å². The zero-order chi connectivity index (χ0) is 23.9. The van der Waals surface area contributed by atoms with Gasteiger partial charge in [0, 0.05) is 18.9 Å². The SMILES string of the molecule is C.Cc1nc(CCc2cnn(Cc3ccc(C(F)(F)F)o3)c2)cc2c1NC(=O)[C@H](C(C)C)N2C. The molecule has 0 spiro atoms. The van der Waals surface area contributed by atoms with Crippen molar-refractivity contribution in [3.8, 4) is 0 Å². The Bertz CT molecular complexity index is 1170. The number of rotatable bonds is 6. The number of carbonyl (C=O) groups is 1. The van der Waals surface area contributed by atoms with Crippen molar-refractivity contribution in [3.63, 3.8) is 0 Å². The maximum atomic E-state index is 12.7. The number of hydrogen-bond acceptors (Lipinski definition) is 5. The van der Waals surface area contributed by atoms with Crippen LogP contribution in [0.25, 0.3) is 0 Å². The summed E-state index contributed by atoms with van der Waals surface area (Å²) in [5, 5.41) is 7.22. The first-order valence-electron chi connectivity index (χ1n) is 10.7. The maximum Gasteiger partial charge on any atom is 0.449 e. The lowest BCUT2D eigenvalue weighted by Gasteiger charge is -2.38. The van der Waals surface area contributed by atoms with Crippen LogP contribution in [0, 0.1) is 12.8 Å². The van der Waals surface area contributed by atoms with Crippen molar-refractivity contribution in [1.82, 2.24) is 14.8 Å². The molecule has 7 nitrogen and oxygen atoms in total. The second-order valence-corrected chi connectivity index (χ2v) is 8.69. The molecule has 0 fully saturated rings. The van der Waals surface area contributed by atoms with Crippen LogP contribution in [0.4, 0.5) is 24.5 Å². The number of likely N-dealkylation sites (N-methyl/N-ethyl adjacent to an activating group) is 1. The second-order valence-electron chi connectivity index (χ2n) is 8.69. The van der Waals surface area contributed by atoms with Crippen molar-refractivity contribution in [2.75, 3.05) is 17.3 Å². The van der Waals surface area contributed by atoms with Crippen molar-refractivity contribution >= 4 is 17.3 Å². The minimum absolute atomic E-state index is 0. The highest BCUT2D eigenvalue weighted by atomic mass is 19.4. The molecular weight excluding hydrogens is 447 g/mol. The van der Waals surface area contributed by atoms with Crippen molar-refractivity contribution in [2.24, 2.45) is 5.92 Å². The number of fused-ring (bicyclic) bond motifs is 1. The molecule has 184 valence electrons. The highest BCUT2D eigenvalue weighted by Crippen LogP contribution is 2.35. The van der Waals surface area contributed by atoms with Crippen LogP contribution in [-0.2, 0) is 30.4 Å². The number of nitrogens with zero attached hydrogens (tertiary/aromatic N) is 4. The number of alkyl halides is 3. The number of furan rings is 1. The van der Waals surface area contributed by atoms with Crippen molar-refractivity contribution in [1.29, 1.82) is 0 Å². The molecule has 1 aliphatic heterocycles. The first-order chi connectivity index (χ1) is 15.5. The molecule has 0 bridgehead atoms. The van der Waals surface area contributed by atoms with Gasteiger partial charge in [-0.25, -0.2) is 0 Å². The van der Waals surface area contributed by atoms with Gasteiger partial charge < -0.3 is 14.6 Å². The van der Waals surface area contributed by atoms with Crippen LogP contribution in [0.3, 0.4) is 0 Å². The van der Waals surface area contributed by atoms with Gasteiger partial charge in [0.15, 0.2) is 0 Å².